The van der Waals surface area contributed by atoms with Crippen LogP contribution in [0.5, 0.6) is 0 Å². The smallest absolute Gasteiger partial charge is 0.0937 e. The maximum Gasteiger partial charge on any atom is 0.0937 e. The van der Waals surface area contributed by atoms with Gasteiger partial charge in [-0.25, -0.2) is 0 Å². The van der Waals surface area contributed by atoms with Gasteiger partial charge in [-0.2, -0.15) is 0 Å². The van der Waals surface area contributed by atoms with Crippen molar-refractivity contribution in [3.8, 4) is 0 Å². The topological polar surface area (TPSA) is 30.5 Å². The summed E-state index contributed by atoms with van der Waals surface area (Å²) in [6.45, 7) is 10.2. The Labute approximate surface area is 80.1 Å². The van der Waals surface area contributed by atoms with Gasteiger partial charge in [0.2, 0.25) is 0 Å². The molecule has 76 valence electrons. The van der Waals surface area contributed by atoms with Crippen LogP contribution in [0.3, 0.4) is 0 Å². The van der Waals surface area contributed by atoms with E-state index in [4.69, 9.17) is 9.47 Å². The van der Waals surface area contributed by atoms with Gasteiger partial charge < -0.3 is 14.8 Å². The van der Waals surface area contributed by atoms with Crippen molar-refractivity contribution in [2.45, 2.75) is 32.2 Å². The molecule has 0 radical (unpaired) electrons. The summed E-state index contributed by atoms with van der Waals surface area (Å²) in [6.07, 6.45) is 2.38. The van der Waals surface area contributed by atoms with E-state index in [2.05, 4.69) is 18.8 Å². The second-order valence-electron chi connectivity index (χ2n) is 3.50. The number of nitrogens with one attached hydrogen (secondary N) is 1. The molecule has 3 heteroatoms. The first-order chi connectivity index (χ1) is 6.22. The molecule has 1 saturated heterocycles. The first kappa shape index (κ1) is 10.7. The minimum absolute atomic E-state index is 0.112. The zero-order valence-corrected chi connectivity index (χ0v) is 8.45. The second-order valence-corrected chi connectivity index (χ2v) is 3.50. The fraction of sp³-hybridized carbons (Fsp3) is 0.800. The molecule has 0 amide bonds. The van der Waals surface area contributed by atoms with Crippen LogP contribution in [-0.2, 0) is 9.47 Å². The summed E-state index contributed by atoms with van der Waals surface area (Å²) in [5.41, 5.74) is 0. The lowest BCUT2D eigenvalue weighted by atomic mass is 10.2. The monoisotopic (exact) mass is 185 g/mol. The highest BCUT2D eigenvalue weighted by Crippen LogP contribution is 2.04. The fourth-order valence-electron chi connectivity index (χ4n) is 1.30. The van der Waals surface area contributed by atoms with E-state index < -0.39 is 0 Å². The summed E-state index contributed by atoms with van der Waals surface area (Å²) in [7, 11) is 0. The van der Waals surface area contributed by atoms with Gasteiger partial charge in [-0.1, -0.05) is 6.08 Å². The molecule has 1 aliphatic rings. The van der Waals surface area contributed by atoms with Gasteiger partial charge in [0.05, 0.1) is 24.9 Å². The van der Waals surface area contributed by atoms with Crippen LogP contribution in [0.1, 0.15) is 13.8 Å². The van der Waals surface area contributed by atoms with Gasteiger partial charge in [0, 0.05) is 13.1 Å². The zero-order valence-electron chi connectivity index (χ0n) is 8.45. The number of hydrogen-bond acceptors (Lipinski definition) is 3. The van der Waals surface area contributed by atoms with Crippen molar-refractivity contribution < 1.29 is 9.47 Å². The SMILES string of the molecule is C=CC(C)OCC1CNCC(C)O1. The minimum Gasteiger partial charge on any atom is -0.372 e. The van der Waals surface area contributed by atoms with E-state index in [1.807, 2.05) is 6.92 Å². The first-order valence-corrected chi connectivity index (χ1v) is 4.82. The molecule has 0 aromatic heterocycles. The fourth-order valence-corrected chi connectivity index (χ4v) is 1.30. The van der Waals surface area contributed by atoms with E-state index in [9.17, 15) is 0 Å². The lowest BCUT2D eigenvalue weighted by molar-refractivity contribution is -0.0754. The molecule has 1 N–H and O–H groups in total. The van der Waals surface area contributed by atoms with Crippen molar-refractivity contribution in [3.05, 3.63) is 12.7 Å². The molecular formula is C10H19NO2. The normalized spacial score (nSPS) is 31.2. The molecule has 0 aliphatic carbocycles. The molecule has 1 heterocycles. The molecule has 3 nitrogen and oxygen atoms in total. The summed E-state index contributed by atoms with van der Waals surface area (Å²) in [5.74, 6) is 0. The average molecular weight is 185 g/mol. The number of ether oxygens (including phenoxy) is 2. The molecule has 0 aromatic rings. The van der Waals surface area contributed by atoms with Gasteiger partial charge in [0.15, 0.2) is 0 Å². The average Bonchev–Trinajstić information content (AvgIpc) is 2.14. The van der Waals surface area contributed by atoms with Crippen molar-refractivity contribution in [3.63, 3.8) is 0 Å². The minimum atomic E-state index is 0.112. The van der Waals surface area contributed by atoms with Crippen LogP contribution in [-0.4, -0.2) is 38.0 Å². The quantitative estimate of drug-likeness (QED) is 0.662. The van der Waals surface area contributed by atoms with Gasteiger partial charge >= 0.3 is 0 Å². The predicted octanol–water partition coefficient (Wildman–Crippen LogP) is 0.954. The van der Waals surface area contributed by atoms with Gasteiger partial charge in [-0.3, -0.25) is 0 Å². The summed E-state index contributed by atoms with van der Waals surface area (Å²) in [4.78, 5) is 0. The van der Waals surface area contributed by atoms with E-state index in [0.717, 1.165) is 13.1 Å². The Hall–Kier alpha value is -0.380. The molecule has 1 aliphatic heterocycles. The summed E-state index contributed by atoms with van der Waals surface area (Å²) in [6, 6.07) is 0. The van der Waals surface area contributed by atoms with Gasteiger partial charge in [-0.05, 0) is 13.8 Å². The third-order valence-electron chi connectivity index (χ3n) is 2.11. The summed E-state index contributed by atoms with van der Waals surface area (Å²) in [5, 5.41) is 3.30. The molecule has 3 unspecified atom stereocenters. The van der Waals surface area contributed by atoms with Crippen molar-refractivity contribution >= 4 is 0 Å². The van der Waals surface area contributed by atoms with Crippen LogP contribution < -0.4 is 5.32 Å². The lowest BCUT2D eigenvalue weighted by Gasteiger charge is -2.29. The van der Waals surface area contributed by atoms with Gasteiger partial charge in [0.1, 0.15) is 0 Å². The molecule has 0 bridgehead atoms. The van der Waals surface area contributed by atoms with Crippen LogP contribution in [0.25, 0.3) is 0 Å². The van der Waals surface area contributed by atoms with Crippen LogP contribution in [0.15, 0.2) is 12.7 Å². The van der Waals surface area contributed by atoms with E-state index in [0.29, 0.717) is 12.7 Å². The molecule has 0 spiro atoms. The van der Waals surface area contributed by atoms with E-state index in [1.54, 1.807) is 6.08 Å². The Morgan fingerprint density at radius 3 is 3.08 bits per heavy atom. The van der Waals surface area contributed by atoms with E-state index in [1.165, 1.54) is 0 Å². The van der Waals surface area contributed by atoms with Gasteiger partial charge in [0.25, 0.3) is 0 Å². The molecule has 3 atom stereocenters. The highest BCUT2D eigenvalue weighted by atomic mass is 16.5. The Morgan fingerprint density at radius 2 is 2.46 bits per heavy atom. The third kappa shape index (κ3) is 3.89. The lowest BCUT2D eigenvalue weighted by Crippen LogP contribution is -2.45. The second kappa shape index (κ2) is 5.37. The van der Waals surface area contributed by atoms with Crippen LogP contribution in [0, 0.1) is 0 Å². The summed E-state index contributed by atoms with van der Waals surface area (Å²) < 4.78 is 11.2. The van der Waals surface area contributed by atoms with Crippen LogP contribution in [0.2, 0.25) is 0 Å². The van der Waals surface area contributed by atoms with Gasteiger partial charge in [-0.15, -0.1) is 6.58 Å². The van der Waals surface area contributed by atoms with Crippen molar-refractivity contribution in [1.82, 2.24) is 5.32 Å². The Kier molecular flexibility index (Phi) is 4.42. The van der Waals surface area contributed by atoms with Crippen LogP contribution >= 0.6 is 0 Å². The predicted molar refractivity (Wildman–Crippen MR) is 52.8 cm³/mol. The number of morpholine rings is 1. The Balaban J connectivity index is 2.16. The highest BCUT2D eigenvalue weighted by Gasteiger charge is 2.18. The zero-order chi connectivity index (χ0) is 9.68. The first-order valence-electron chi connectivity index (χ1n) is 4.82. The third-order valence-corrected chi connectivity index (χ3v) is 2.11. The van der Waals surface area contributed by atoms with Crippen LogP contribution in [0.4, 0.5) is 0 Å². The van der Waals surface area contributed by atoms with Crippen molar-refractivity contribution in [1.29, 1.82) is 0 Å². The maximum absolute atomic E-state index is 5.66. The molecule has 13 heavy (non-hydrogen) atoms. The molecular weight excluding hydrogens is 166 g/mol. The summed E-state index contributed by atoms with van der Waals surface area (Å²) >= 11 is 0. The number of hydrogen-bond donors (Lipinski definition) is 1. The molecule has 0 aromatic carbocycles. The Morgan fingerprint density at radius 1 is 1.69 bits per heavy atom. The molecule has 1 rings (SSSR count). The van der Waals surface area contributed by atoms with Crippen molar-refractivity contribution in [2.75, 3.05) is 19.7 Å². The van der Waals surface area contributed by atoms with Crippen molar-refractivity contribution in [2.24, 2.45) is 0 Å². The number of rotatable bonds is 4. The Bertz CT molecular complexity index is 161. The van der Waals surface area contributed by atoms with E-state index in [-0.39, 0.29) is 12.2 Å². The maximum atomic E-state index is 5.66. The standard InChI is InChI=1S/C10H19NO2/c1-4-8(2)12-7-10-6-11-5-9(3)13-10/h4,8-11H,1,5-7H2,2-3H3. The molecule has 1 fully saturated rings. The van der Waals surface area contributed by atoms with E-state index >= 15 is 0 Å². The highest BCUT2D eigenvalue weighted by molar-refractivity contribution is 4.77. The molecule has 0 saturated carbocycles. The largest absolute Gasteiger partial charge is 0.372 e.